The monoisotopic (exact) mass is 170 g/mol. The summed E-state index contributed by atoms with van der Waals surface area (Å²) in [5.41, 5.74) is 0. The Kier molecular flexibility index (Phi) is 3.58. The summed E-state index contributed by atoms with van der Waals surface area (Å²) in [5.74, 6) is -0.667. The van der Waals surface area contributed by atoms with E-state index in [1.165, 1.54) is 12.2 Å². The molecule has 4 nitrogen and oxygen atoms in total. The van der Waals surface area contributed by atoms with Crippen molar-refractivity contribution in [3.8, 4) is 0 Å². The summed E-state index contributed by atoms with van der Waals surface area (Å²) in [7, 11) is -3.32. The molecule has 1 heterocycles. The van der Waals surface area contributed by atoms with E-state index in [-0.39, 0.29) is 35.3 Å². The Morgan fingerprint density at radius 3 is 2.40 bits per heavy atom. The van der Waals surface area contributed by atoms with E-state index in [0.717, 1.165) is 0 Å². The third-order valence-electron chi connectivity index (χ3n) is 0.841. The molecule has 0 unspecified atom stereocenters. The molecule has 1 aliphatic heterocycles. The maximum atomic E-state index is 10.5. The molecule has 0 fully saturated rings. The molecule has 1 N–H and O–H groups in total. The molecule has 0 saturated carbocycles. The second kappa shape index (κ2) is 3.52. The summed E-state index contributed by atoms with van der Waals surface area (Å²) >= 11 is 0. The van der Waals surface area contributed by atoms with E-state index in [1.54, 1.807) is 4.72 Å². The van der Waals surface area contributed by atoms with Gasteiger partial charge in [-0.15, -0.1) is 0 Å². The number of rotatable bonds is 0. The van der Waals surface area contributed by atoms with Crippen molar-refractivity contribution in [1.29, 1.82) is 0 Å². The Bertz CT molecular complexity index is 256. The molecular formula is C4H5NNaO3S. The minimum atomic E-state index is -3.32. The molecule has 1 radical (unpaired) electrons. The minimum absolute atomic E-state index is 0. The standard InChI is InChI=1S/C4H5NO3S.Na/c6-4-2-1-3-9(7,8)5-4;/h1-2H,3H2,(H,5,6);. The molecule has 0 bridgehead atoms. The van der Waals surface area contributed by atoms with Crippen molar-refractivity contribution in [2.75, 3.05) is 5.75 Å². The van der Waals surface area contributed by atoms with Crippen LogP contribution in [0, 0.1) is 0 Å². The van der Waals surface area contributed by atoms with Crippen LogP contribution >= 0.6 is 0 Å². The molecule has 1 rings (SSSR count). The second-order valence-corrected chi connectivity index (χ2v) is 3.42. The number of carbonyl (C=O) groups excluding carboxylic acids is 1. The van der Waals surface area contributed by atoms with Gasteiger partial charge in [-0.05, 0) is 0 Å². The Balaban J connectivity index is 0.000000810. The fourth-order valence-electron chi connectivity index (χ4n) is 0.511. The van der Waals surface area contributed by atoms with Gasteiger partial charge in [-0.25, -0.2) is 13.1 Å². The maximum absolute atomic E-state index is 10.5. The summed E-state index contributed by atoms with van der Waals surface area (Å²) < 4.78 is 22.8. The molecule has 10 heavy (non-hydrogen) atoms. The molecule has 0 aliphatic carbocycles. The Morgan fingerprint density at radius 2 is 2.10 bits per heavy atom. The smallest absolute Gasteiger partial charge is 0.257 e. The number of carbonyl (C=O) groups is 1. The molecule has 0 saturated heterocycles. The fraction of sp³-hybridized carbons (Fsp3) is 0.250. The Labute approximate surface area is 81.0 Å². The quantitative estimate of drug-likeness (QED) is 0.456. The van der Waals surface area contributed by atoms with Gasteiger partial charge in [0, 0.05) is 35.6 Å². The summed E-state index contributed by atoms with van der Waals surface area (Å²) in [6, 6.07) is 0. The number of amides is 1. The van der Waals surface area contributed by atoms with Crippen LogP contribution in [0.2, 0.25) is 0 Å². The predicted octanol–water partition coefficient (Wildman–Crippen LogP) is -1.38. The van der Waals surface area contributed by atoms with Crippen molar-refractivity contribution in [1.82, 2.24) is 4.72 Å². The number of hydrogen-bond acceptors (Lipinski definition) is 3. The zero-order valence-electron chi connectivity index (χ0n) is 5.49. The van der Waals surface area contributed by atoms with E-state index in [0.29, 0.717) is 0 Å². The van der Waals surface area contributed by atoms with Gasteiger partial charge in [0.15, 0.2) is 0 Å². The van der Waals surface area contributed by atoms with Crippen LogP contribution in [-0.4, -0.2) is 49.6 Å². The maximum Gasteiger partial charge on any atom is 0.257 e. The SMILES string of the molecule is O=C1C=CCS(=O)(=O)N1.[Na]. The van der Waals surface area contributed by atoms with E-state index < -0.39 is 15.9 Å². The van der Waals surface area contributed by atoms with Crippen LogP contribution < -0.4 is 4.72 Å². The summed E-state index contributed by atoms with van der Waals surface area (Å²) in [6.45, 7) is 0. The van der Waals surface area contributed by atoms with Crippen molar-refractivity contribution in [2.45, 2.75) is 0 Å². The molecule has 51 valence electrons. The zero-order valence-corrected chi connectivity index (χ0v) is 8.31. The van der Waals surface area contributed by atoms with Gasteiger partial charge in [-0.3, -0.25) is 4.79 Å². The van der Waals surface area contributed by atoms with Crippen molar-refractivity contribution >= 4 is 45.5 Å². The molecule has 1 aliphatic rings. The van der Waals surface area contributed by atoms with Gasteiger partial charge in [0.2, 0.25) is 10.0 Å². The van der Waals surface area contributed by atoms with Crippen LogP contribution in [0.5, 0.6) is 0 Å². The summed E-state index contributed by atoms with van der Waals surface area (Å²) in [5, 5.41) is 0. The van der Waals surface area contributed by atoms with Crippen LogP contribution in [0.1, 0.15) is 0 Å². The zero-order chi connectivity index (χ0) is 6.91. The molecule has 6 heteroatoms. The number of sulfonamides is 1. The average Bonchev–Trinajstić information content (AvgIpc) is 1.60. The predicted molar refractivity (Wildman–Crippen MR) is 36.8 cm³/mol. The van der Waals surface area contributed by atoms with E-state index >= 15 is 0 Å². The molecule has 1 amide bonds. The first kappa shape index (κ1) is 10.2. The van der Waals surface area contributed by atoms with Crippen molar-refractivity contribution in [2.24, 2.45) is 0 Å². The van der Waals surface area contributed by atoms with Crippen LogP contribution in [0.4, 0.5) is 0 Å². The van der Waals surface area contributed by atoms with Crippen molar-refractivity contribution in [3.63, 3.8) is 0 Å². The average molecular weight is 170 g/mol. The summed E-state index contributed by atoms with van der Waals surface area (Å²) in [6.07, 6.45) is 2.51. The van der Waals surface area contributed by atoms with Gasteiger partial charge in [0.05, 0.1) is 5.75 Å². The van der Waals surface area contributed by atoms with E-state index in [2.05, 4.69) is 0 Å². The Hall–Kier alpha value is 0.160. The third kappa shape index (κ3) is 2.83. The first-order chi connectivity index (χ1) is 4.10. The van der Waals surface area contributed by atoms with Gasteiger partial charge in [-0.1, -0.05) is 6.08 Å². The largest absolute Gasteiger partial charge is 0.269 e. The van der Waals surface area contributed by atoms with E-state index in [1.807, 2.05) is 0 Å². The Morgan fingerprint density at radius 1 is 1.50 bits per heavy atom. The van der Waals surface area contributed by atoms with Gasteiger partial charge in [-0.2, -0.15) is 0 Å². The van der Waals surface area contributed by atoms with Crippen LogP contribution in [0.25, 0.3) is 0 Å². The van der Waals surface area contributed by atoms with Gasteiger partial charge >= 0.3 is 0 Å². The van der Waals surface area contributed by atoms with Gasteiger partial charge < -0.3 is 0 Å². The number of hydrogen-bond donors (Lipinski definition) is 1. The van der Waals surface area contributed by atoms with Gasteiger partial charge in [0.1, 0.15) is 0 Å². The van der Waals surface area contributed by atoms with Crippen LogP contribution in [0.15, 0.2) is 12.2 Å². The fourth-order valence-corrected chi connectivity index (χ4v) is 1.32. The third-order valence-corrected chi connectivity index (χ3v) is 1.98. The summed E-state index contributed by atoms with van der Waals surface area (Å²) in [4.78, 5) is 10.3. The first-order valence-electron chi connectivity index (χ1n) is 2.31. The van der Waals surface area contributed by atoms with Crippen molar-refractivity contribution < 1.29 is 13.2 Å². The van der Waals surface area contributed by atoms with Crippen LogP contribution in [0.3, 0.4) is 0 Å². The topological polar surface area (TPSA) is 63.2 Å². The van der Waals surface area contributed by atoms with Crippen molar-refractivity contribution in [3.05, 3.63) is 12.2 Å². The normalized spacial score (nSPS) is 21.0. The molecule has 0 spiro atoms. The first-order valence-corrected chi connectivity index (χ1v) is 3.96. The molecule has 0 aromatic rings. The second-order valence-electron chi connectivity index (χ2n) is 1.65. The van der Waals surface area contributed by atoms with Crippen LogP contribution in [-0.2, 0) is 14.8 Å². The molecule has 0 aromatic heterocycles. The number of nitrogens with one attached hydrogen (secondary N) is 1. The van der Waals surface area contributed by atoms with Gasteiger partial charge in [0.25, 0.3) is 5.91 Å². The van der Waals surface area contributed by atoms with E-state index in [9.17, 15) is 13.2 Å². The minimum Gasteiger partial charge on any atom is -0.269 e. The van der Waals surface area contributed by atoms with E-state index in [4.69, 9.17) is 0 Å². The molecule has 0 atom stereocenters. The molecular weight excluding hydrogens is 165 g/mol. The molecule has 0 aromatic carbocycles.